The van der Waals surface area contributed by atoms with E-state index >= 15 is 0 Å². The molecule has 0 saturated heterocycles. The maximum Gasteiger partial charge on any atom is 0.0640 e. The summed E-state index contributed by atoms with van der Waals surface area (Å²) in [7, 11) is 0. The van der Waals surface area contributed by atoms with Crippen molar-refractivity contribution in [3.8, 4) is 44.5 Å². The molecule has 9 aromatic rings. The molecule has 1 aliphatic rings. The fourth-order valence-electron chi connectivity index (χ4n) is 8.56. The van der Waals surface area contributed by atoms with Gasteiger partial charge in [-0.05, 0) is 68.8 Å². The van der Waals surface area contributed by atoms with Gasteiger partial charge in [0.05, 0.1) is 21.8 Å². The Morgan fingerprint density at radius 3 is 1.72 bits per heavy atom. The van der Waals surface area contributed by atoms with Crippen molar-refractivity contribution >= 4 is 48.6 Å². The highest BCUT2D eigenvalue weighted by Gasteiger charge is 2.37. The van der Waals surface area contributed by atoms with Crippen LogP contribution >= 0.6 is 11.3 Å². The molecule has 0 bridgehead atoms. The number of para-hydroxylation sites is 2. The summed E-state index contributed by atoms with van der Waals surface area (Å²) in [6.45, 7) is 4.72. The molecule has 53 heavy (non-hydrogen) atoms. The van der Waals surface area contributed by atoms with E-state index in [0.29, 0.717) is 0 Å². The molecule has 8 aromatic carbocycles. The first-order valence-corrected chi connectivity index (χ1v) is 19.2. The summed E-state index contributed by atoms with van der Waals surface area (Å²) < 4.78 is 2.58. The first kappa shape index (κ1) is 31.5. The Labute approximate surface area is 315 Å². The lowest BCUT2D eigenvalue weighted by molar-refractivity contribution is 0.660. The van der Waals surface area contributed by atoms with Gasteiger partial charge in [-0.25, -0.2) is 0 Å². The van der Waals surface area contributed by atoms with Gasteiger partial charge in [-0.1, -0.05) is 178 Å². The van der Waals surface area contributed by atoms with Crippen LogP contribution in [0.25, 0.3) is 64.7 Å². The molecule has 1 heterocycles. The Kier molecular flexibility index (Phi) is 7.42. The van der Waals surface area contributed by atoms with Crippen LogP contribution in [0.15, 0.2) is 188 Å². The SMILES string of the molecule is CC1(C)c2ccccc2-c2c(-c3ccccc3N(c3ccccc3-c3ccc(-c4ccccc4)cc3)c3cccc4c3sc3ccccc34)cccc21. The topological polar surface area (TPSA) is 3.24 Å². The van der Waals surface area contributed by atoms with Crippen molar-refractivity contribution in [2.24, 2.45) is 0 Å². The molecule has 0 N–H and O–H groups in total. The summed E-state index contributed by atoms with van der Waals surface area (Å²) >= 11 is 1.88. The fraction of sp³-hybridized carbons (Fsp3) is 0.0588. The third-order valence-corrected chi connectivity index (χ3v) is 12.3. The molecule has 252 valence electrons. The van der Waals surface area contributed by atoms with Crippen LogP contribution in [-0.2, 0) is 5.41 Å². The smallest absolute Gasteiger partial charge is 0.0640 e. The zero-order valence-electron chi connectivity index (χ0n) is 29.8. The molecule has 0 atom stereocenters. The van der Waals surface area contributed by atoms with E-state index in [4.69, 9.17) is 0 Å². The summed E-state index contributed by atoms with van der Waals surface area (Å²) in [5, 5.41) is 2.58. The van der Waals surface area contributed by atoms with Crippen LogP contribution in [0.4, 0.5) is 17.1 Å². The van der Waals surface area contributed by atoms with E-state index in [9.17, 15) is 0 Å². The second-order valence-electron chi connectivity index (χ2n) is 14.5. The van der Waals surface area contributed by atoms with Gasteiger partial charge in [0, 0.05) is 32.0 Å². The molecule has 0 radical (unpaired) electrons. The van der Waals surface area contributed by atoms with Crippen LogP contribution in [0.2, 0.25) is 0 Å². The molecule has 0 spiro atoms. The molecule has 1 aromatic heterocycles. The molecule has 10 rings (SSSR count). The average Bonchev–Trinajstić information content (AvgIpc) is 3.72. The highest BCUT2D eigenvalue weighted by molar-refractivity contribution is 7.26. The van der Waals surface area contributed by atoms with Crippen LogP contribution in [0.1, 0.15) is 25.0 Å². The van der Waals surface area contributed by atoms with Crippen molar-refractivity contribution in [2.45, 2.75) is 19.3 Å². The highest BCUT2D eigenvalue weighted by Crippen LogP contribution is 2.55. The highest BCUT2D eigenvalue weighted by atomic mass is 32.1. The van der Waals surface area contributed by atoms with Crippen LogP contribution in [-0.4, -0.2) is 0 Å². The zero-order valence-corrected chi connectivity index (χ0v) is 30.6. The summed E-state index contributed by atoms with van der Waals surface area (Å²) in [6, 6.07) is 69.0. The largest absolute Gasteiger partial charge is 0.308 e. The molecule has 2 heteroatoms. The molecule has 0 saturated carbocycles. The van der Waals surface area contributed by atoms with Gasteiger partial charge in [0.25, 0.3) is 0 Å². The lowest BCUT2D eigenvalue weighted by Gasteiger charge is -2.31. The van der Waals surface area contributed by atoms with E-state index in [1.165, 1.54) is 81.5 Å². The first-order valence-electron chi connectivity index (χ1n) is 18.4. The second kappa shape index (κ2) is 12.5. The Morgan fingerprint density at radius 1 is 0.377 bits per heavy atom. The lowest BCUT2D eigenvalue weighted by atomic mass is 9.82. The van der Waals surface area contributed by atoms with Gasteiger partial charge in [0.15, 0.2) is 0 Å². The third-order valence-electron chi connectivity index (χ3n) is 11.1. The molecule has 0 aliphatic heterocycles. The van der Waals surface area contributed by atoms with Crippen molar-refractivity contribution in [3.63, 3.8) is 0 Å². The monoisotopic (exact) mass is 695 g/mol. The van der Waals surface area contributed by atoms with Gasteiger partial charge in [-0.15, -0.1) is 11.3 Å². The maximum atomic E-state index is 2.53. The number of hydrogen-bond donors (Lipinski definition) is 0. The van der Waals surface area contributed by atoms with Crippen molar-refractivity contribution < 1.29 is 0 Å². The molecule has 1 nitrogen and oxygen atoms in total. The lowest BCUT2D eigenvalue weighted by Crippen LogP contribution is -2.15. The third kappa shape index (κ3) is 5.05. The normalized spacial score (nSPS) is 12.9. The zero-order chi connectivity index (χ0) is 35.5. The van der Waals surface area contributed by atoms with Gasteiger partial charge in [-0.3, -0.25) is 0 Å². The summed E-state index contributed by atoms with van der Waals surface area (Å²) in [4.78, 5) is 2.53. The van der Waals surface area contributed by atoms with E-state index in [1.807, 2.05) is 11.3 Å². The standard InChI is InChI=1S/C51H37NS/c1-51(2)43-24-10-6-21-42(43)49-40(22-14-25-44(49)51)38-19-8-12-27-46(38)52(47-28-15-23-41-39-20-9-13-29-48(39)53-50(41)47)45-26-11-7-18-37(45)36-32-30-35(31-33-36)34-16-4-3-5-17-34/h3-33H,1-2H3. The number of thiophene rings is 1. The number of rotatable bonds is 6. The quantitative estimate of drug-likeness (QED) is 0.167. The van der Waals surface area contributed by atoms with E-state index in [2.05, 4.69) is 207 Å². The summed E-state index contributed by atoms with van der Waals surface area (Å²) in [6.07, 6.45) is 0. The van der Waals surface area contributed by atoms with Crippen molar-refractivity contribution in [3.05, 3.63) is 199 Å². The Bertz CT molecular complexity index is 2810. The minimum Gasteiger partial charge on any atom is -0.308 e. The van der Waals surface area contributed by atoms with Gasteiger partial charge < -0.3 is 4.90 Å². The number of anilines is 3. The number of nitrogens with zero attached hydrogens (tertiary/aromatic N) is 1. The second-order valence-corrected chi connectivity index (χ2v) is 15.5. The van der Waals surface area contributed by atoms with Crippen LogP contribution in [0, 0.1) is 0 Å². The van der Waals surface area contributed by atoms with E-state index < -0.39 is 0 Å². The fourth-order valence-corrected chi connectivity index (χ4v) is 9.76. The van der Waals surface area contributed by atoms with Crippen molar-refractivity contribution in [2.75, 3.05) is 4.90 Å². The van der Waals surface area contributed by atoms with Crippen LogP contribution in [0.3, 0.4) is 0 Å². The minimum absolute atomic E-state index is 0.0856. The van der Waals surface area contributed by atoms with Gasteiger partial charge in [0.2, 0.25) is 0 Å². The molecular weight excluding hydrogens is 659 g/mol. The first-order chi connectivity index (χ1) is 26.1. The Hall–Kier alpha value is -6.22. The summed E-state index contributed by atoms with van der Waals surface area (Å²) in [5.74, 6) is 0. The van der Waals surface area contributed by atoms with E-state index in [1.54, 1.807) is 0 Å². The van der Waals surface area contributed by atoms with Crippen molar-refractivity contribution in [1.82, 2.24) is 0 Å². The van der Waals surface area contributed by atoms with Crippen molar-refractivity contribution in [1.29, 1.82) is 0 Å². The molecule has 0 fully saturated rings. The molecule has 0 amide bonds. The Balaban J connectivity index is 1.24. The predicted octanol–water partition coefficient (Wildman–Crippen LogP) is 14.8. The number of benzene rings is 8. The minimum atomic E-state index is -0.0856. The van der Waals surface area contributed by atoms with Crippen LogP contribution in [0.5, 0.6) is 0 Å². The van der Waals surface area contributed by atoms with Gasteiger partial charge >= 0.3 is 0 Å². The number of hydrogen-bond acceptors (Lipinski definition) is 2. The predicted molar refractivity (Wildman–Crippen MR) is 228 cm³/mol. The Morgan fingerprint density at radius 2 is 0.906 bits per heavy atom. The molecule has 0 unspecified atom stereocenters. The average molecular weight is 696 g/mol. The molecular formula is C51H37NS. The van der Waals surface area contributed by atoms with E-state index in [0.717, 1.165) is 11.4 Å². The molecule has 1 aliphatic carbocycles. The summed E-state index contributed by atoms with van der Waals surface area (Å²) in [5.41, 5.74) is 16.1. The van der Waals surface area contributed by atoms with Crippen LogP contribution < -0.4 is 4.90 Å². The van der Waals surface area contributed by atoms with E-state index in [-0.39, 0.29) is 5.41 Å². The van der Waals surface area contributed by atoms with Gasteiger partial charge in [0.1, 0.15) is 0 Å². The maximum absolute atomic E-state index is 2.53. The number of fused-ring (bicyclic) bond motifs is 6. The van der Waals surface area contributed by atoms with Gasteiger partial charge in [-0.2, -0.15) is 0 Å².